The van der Waals surface area contributed by atoms with Gasteiger partial charge in [-0.3, -0.25) is 9.69 Å². The molecule has 50 heavy (non-hydrogen) atoms. The van der Waals surface area contributed by atoms with Crippen molar-refractivity contribution in [2.24, 2.45) is 5.92 Å². The van der Waals surface area contributed by atoms with Crippen LogP contribution in [0.15, 0.2) is 12.3 Å². The molecule has 1 aliphatic heterocycles. The number of rotatable bonds is 37. The first-order valence-electron chi connectivity index (χ1n) is 22.4. The number of aliphatic hydroxyl groups excluding tert-OH is 1. The molecule has 0 spiro atoms. The van der Waals surface area contributed by atoms with Gasteiger partial charge in [-0.05, 0) is 76.7 Å². The number of esters is 1. The lowest BCUT2D eigenvalue weighted by Crippen LogP contribution is -2.46. The van der Waals surface area contributed by atoms with Crippen LogP contribution in [0.25, 0.3) is 0 Å². The summed E-state index contributed by atoms with van der Waals surface area (Å²) in [6.45, 7) is 13.8. The van der Waals surface area contributed by atoms with E-state index in [0.29, 0.717) is 31.1 Å². The zero-order valence-corrected chi connectivity index (χ0v) is 34.0. The molecule has 2 unspecified atom stereocenters. The van der Waals surface area contributed by atoms with Crippen molar-refractivity contribution in [1.29, 1.82) is 0 Å². The number of aliphatic hydroxyl groups is 1. The lowest BCUT2D eigenvalue weighted by Gasteiger charge is -2.41. The molecule has 1 N–H and O–H groups in total. The van der Waals surface area contributed by atoms with Crippen molar-refractivity contribution in [3.63, 3.8) is 0 Å². The highest BCUT2D eigenvalue weighted by Crippen LogP contribution is 2.31. The normalized spacial score (nSPS) is 16.7. The minimum absolute atomic E-state index is 0.0209. The molecule has 0 aliphatic carbocycles. The molecule has 0 aromatic rings. The number of ether oxygens (including phenoxy) is 2. The Kier molecular flexibility index (Phi) is 32.9. The third-order valence-corrected chi connectivity index (χ3v) is 11.2. The van der Waals surface area contributed by atoms with Crippen LogP contribution in [0.2, 0.25) is 0 Å². The Bertz CT molecular complexity index is 739. The lowest BCUT2D eigenvalue weighted by atomic mass is 9.82. The first-order chi connectivity index (χ1) is 24.5. The third kappa shape index (κ3) is 26.7. The van der Waals surface area contributed by atoms with E-state index in [1.807, 2.05) is 0 Å². The molecule has 1 rings (SSSR count). The van der Waals surface area contributed by atoms with Crippen LogP contribution in [0.3, 0.4) is 0 Å². The molecule has 1 saturated heterocycles. The molecule has 0 aromatic carbocycles. The average Bonchev–Trinajstić information content (AvgIpc) is 3.11. The van der Waals surface area contributed by atoms with E-state index in [1.54, 1.807) is 0 Å². The minimum atomic E-state index is -0.0209. The lowest BCUT2D eigenvalue weighted by molar-refractivity contribution is -0.144. The monoisotopic (exact) mass is 706 g/mol. The summed E-state index contributed by atoms with van der Waals surface area (Å²) in [6.07, 6.45) is 39.6. The molecular weight excluding hydrogens is 618 g/mol. The van der Waals surface area contributed by atoms with Crippen molar-refractivity contribution < 1.29 is 19.4 Å². The van der Waals surface area contributed by atoms with E-state index in [-0.39, 0.29) is 12.6 Å². The predicted molar refractivity (Wildman–Crippen MR) is 216 cm³/mol. The quantitative estimate of drug-likeness (QED) is 0.0396. The molecule has 1 fully saturated rings. The molecule has 0 bridgehead atoms. The van der Waals surface area contributed by atoms with Gasteiger partial charge in [0.1, 0.15) is 0 Å². The van der Waals surface area contributed by atoms with Gasteiger partial charge >= 0.3 is 5.97 Å². The highest BCUT2D eigenvalue weighted by Gasteiger charge is 2.31. The van der Waals surface area contributed by atoms with E-state index in [9.17, 15) is 9.90 Å². The Morgan fingerprint density at radius 1 is 0.680 bits per heavy atom. The standard InChI is InChI=1S/C45H87NO4/c1-5-8-11-14-17-18-19-22-28-40-49-45(48)36-35-42-31-29-37-46(38-39-47)44(42)34-27-23-24-30-41(4)50-43(32-25-20-15-12-9-6-2)33-26-21-16-13-10-7-3/h42-44,47H,4-40H2,1-3H3. The number of carbonyl (C=O) groups excluding carboxylic acids is 1. The van der Waals surface area contributed by atoms with Crippen molar-refractivity contribution in [1.82, 2.24) is 4.90 Å². The number of hydrogen-bond donors (Lipinski definition) is 1. The third-order valence-electron chi connectivity index (χ3n) is 11.2. The Hall–Kier alpha value is -1.07. The van der Waals surface area contributed by atoms with Gasteiger partial charge < -0.3 is 14.6 Å². The molecule has 296 valence electrons. The molecule has 0 saturated carbocycles. The maximum atomic E-state index is 12.6. The van der Waals surface area contributed by atoms with Crippen LogP contribution in [0.5, 0.6) is 0 Å². The van der Waals surface area contributed by atoms with Crippen LogP contribution in [0.4, 0.5) is 0 Å². The van der Waals surface area contributed by atoms with Gasteiger partial charge in [-0.1, -0.05) is 156 Å². The topological polar surface area (TPSA) is 59.0 Å². The van der Waals surface area contributed by atoms with Gasteiger partial charge in [0.2, 0.25) is 0 Å². The Morgan fingerprint density at radius 3 is 1.76 bits per heavy atom. The number of nitrogens with zero attached hydrogens (tertiary/aromatic N) is 1. The van der Waals surface area contributed by atoms with E-state index >= 15 is 0 Å². The number of hydrogen-bond acceptors (Lipinski definition) is 5. The fourth-order valence-corrected chi connectivity index (χ4v) is 8.06. The van der Waals surface area contributed by atoms with Gasteiger partial charge in [0.05, 0.1) is 25.1 Å². The maximum absolute atomic E-state index is 12.6. The molecule has 5 heteroatoms. The van der Waals surface area contributed by atoms with Crippen LogP contribution >= 0.6 is 0 Å². The molecule has 1 aliphatic rings. The molecular formula is C45H87NO4. The maximum Gasteiger partial charge on any atom is 0.305 e. The van der Waals surface area contributed by atoms with Gasteiger partial charge in [-0.15, -0.1) is 0 Å². The fraction of sp³-hybridized carbons (Fsp3) is 0.933. The van der Waals surface area contributed by atoms with E-state index in [4.69, 9.17) is 9.47 Å². The van der Waals surface area contributed by atoms with E-state index in [2.05, 4.69) is 32.3 Å². The molecule has 0 aromatic heterocycles. The van der Waals surface area contributed by atoms with Gasteiger partial charge in [0.15, 0.2) is 0 Å². The fourth-order valence-electron chi connectivity index (χ4n) is 8.06. The van der Waals surface area contributed by atoms with Gasteiger partial charge in [0, 0.05) is 25.4 Å². The minimum Gasteiger partial charge on any atom is -0.495 e. The zero-order chi connectivity index (χ0) is 36.3. The zero-order valence-electron chi connectivity index (χ0n) is 34.0. The average molecular weight is 706 g/mol. The largest absolute Gasteiger partial charge is 0.495 e. The predicted octanol–water partition coefficient (Wildman–Crippen LogP) is 13.3. The van der Waals surface area contributed by atoms with Crippen LogP contribution in [-0.4, -0.2) is 54.4 Å². The van der Waals surface area contributed by atoms with Crippen molar-refractivity contribution in [2.75, 3.05) is 26.3 Å². The molecule has 5 nitrogen and oxygen atoms in total. The second-order valence-corrected chi connectivity index (χ2v) is 15.8. The van der Waals surface area contributed by atoms with Crippen molar-refractivity contribution >= 4 is 5.97 Å². The van der Waals surface area contributed by atoms with Crippen molar-refractivity contribution in [3.05, 3.63) is 12.3 Å². The SMILES string of the molecule is C=C(CCCCCC1C(CCC(=O)OCCCCCCCCCCC)CCCN1CCO)OC(CCCCCCCC)CCCCCCCC. The molecule has 2 atom stereocenters. The molecule has 1 heterocycles. The second kappa shape index (κ2) is 35.0. The van der Waals surface area contributed by atoms with Crippen LogP contribution in [0, 0.1) is 5.92 Å². The summed E-state index contributed by atoms with van der Waals surface area (Å²) in [4.78, 5) is 15.1. The first kappa shape index (κ1) is 47.0. The number of likely N-dealkylation sites (tertiary alicyclic amines) is 1. The van der Waals surface area contributed by atoms with Gasteiger partial charge in [-0.25, -0.2) is 0 Å². The highest BCUT2D eigenvalue weighted by atomic mass is 16.5. The van der Waals surface area contributed by atoms with Gasteiger partial charge in [-0.2, -0.15) is 0 Å². The van der Waals surface area contributed by atoms with Crippen molar-refractivity contribution in [3.8, 4) is 0 Å². The molecule has 0 amide bonds. The summed E-state index contributed by atoms with van der Waals surface area (Å²) in [5.74, 6) is 1.48. The summed E-state index contributed by atoms with van der Waals surface area (Å²) in [6, 6.07) is 0.458. The number of carbonyl (C=O) groups is 1. The van der Waals surface area contributed by atoms with E-state index < -0.39 is 0 Å². The summed E-state index contributed by atoms with van der Waals surface area (Å²) in [7, 11) is 0. The summed E-state index contributed by atoms with van der Waals surface area (Å²) in [5.41, 5.74) is 0. The summed E-state index contributed by atoms with van der Waals surface area (Å²) in [5, 5.41) is 9.77. The highest BCUT2D eigenvalue weighted by molar-refractivity contribution is 5.69. The Labute approximate surface area is 312 Å². The van der Waals surface area contributed by atoms with Crippen LogP contribution in [0.1, 0.15) is 226 Å². The van der Waals surface area contributed by atoms with E-state index in [1.165, 1.54) is 161 Å². The second-order valence-electron chi connectivity index (χ2n) is 15.8. The first-order valence-corrected chi connectivity index (χ1v) is 22.4. The van der Waals surface area contributed by atoms with Crippen LogP contribution < -0.4 is 0 Å². The number of piperidine rings is 1. The number of β-amino-alcohol motifs (C(OH)–C–C–N with tert-alkyl or cyclic N) is 1. The van der Waals surface area contributed by atoms with Crippen LogP contribution in [-0.2, 0) is 14.3 Å². The van der Waals surface area contributed by atoms with Crippen molar-refractivity contribution in [2.45, 2.75) is 238 Å². The number of unbranched alkanes of at least 4 members (excludes halogenated alkanes) is 20. The Morgan fingerprint density at radius 2 is 1.20 bits per heavy atom. The van der Waals surface area contributed by atoms with E-state index in [0.717, 1.165) is 57.4 Å². The Balaban J connectivity index is 2.38. The summed E-state index contributed by atoms with van der Waals surface area (Å²) >= 11 is 0. The summed E-state index contributed by atoms with van der Waals surface area (Å²) < 4.78 is 12.2. The smallest absolute Gasteiger partial charge is 0.305 e. The number of allylic oxidation sites excluding steroid dienone is 1. The van der Waals surface area contributed by atoms with Gasteiger partial charge in [0.25, 0.3) is 0 Å². The molecule has 0 radical (unpaired) electrons.